The van der Waals surface area contributed by atoms with E-state index in [2.05, 4.69) is 4.72 Å². The summed E-state index contributed by atoms with van der Waals surface area (Å²) >= 11 is 0. The summed E-state index contributed by atoms with van der Waals surface area (Å²) in [4.78, 5) is 0. The molecule has 0 aliphatic heterocycles. The lowest BCUT2D eigenvalue weighted by Gasteiger charge is -2.25. The van der Waals surface area contributed by atoms with Crippen LogP contribution in [-0.4, -0.2) is 40.0 Å². The molecular weight excluding hydrogens is 294 g/mol. The summed E-state index contributed by atoms with van der Waals surface area (Å²) in [6.45, 7) is 1.52. The van der Waals surface area contributed by atoms with Crippen molar-refractivity contribution in [3.8, 4) is 11.5 Å². The molecule has 2 N–H and O–H groups in total. The summed E-state index contributed by atoms with van der Waals surface area (Å²) in [5.41, 5.74) is 0.432. The van der Waals surface area contributed by atoms with Crippen LogP contribution in [0.25, 0.3) is 0 Å². The van der Waals surface area contributed by atoms with E-state index < -0.39 is 15.6 Å². The first-order chi connectivity index (χ1) is 9.85. The molecule has 1 aliphatic rings. The molecule has 0 bridgehead atoms. The molecule has 21 heavy (non-hydrogen) atoms. The van der Waals surface area contributed by atoms with Gasteiger partial charge in [-0.15, -0.1) is 0 Å². The minimum Gasteiger partial charge on any atom is -0.493 e. The quantitative estimate of drug-likeness (QED) is 0.810. The maximum Gasteiger partial charge on any atom is 0.211 e. The normalized spacial score (nSPS) is 21.1. The zero-order valence-electron chi connectivity index (χ0n) is 12.5. The van der Waals surface area contributed by atoms with Crippen LogP contribution in [0.3, 0.4) is 0 Å². The summed E-state index contributed by atoms with van der Waals surface area (Å²) in [6.07, 6.45) is 1.13. The first-order valence-electron chi connectivity index (χ1n) is 6.80. The van der Waals surface area contributed by atoms with Gasteiger partial charge in [-0.1, -0.05) is 0 Å². The highest BCUT2D eigenvalue weighted by molar-refractivity contribution is 7.89. The predicted octanol–water partition coefficient (Wildman–Crippen LogP) is 0.777. The van der Waals surface area contributed by atoms with Gasteiger partial charge in [0.1, 0.15) is 5.60 Å². The molecular formula is C14H21NO5S. The van der Waals surface area contributed by atoms with Crippen molar-refractivity contribution < 1.29 is 23.0 Å². The number of sulfonamides is 1. The van der Waals surface area contributed by atoms with Gasteiger partial charge in [0.05, 0.1) is 20.0 Å². The molecule has 0 spiro atoms. The van der Waals surface area contributed by atoms with Crippen LogP contribution in [0.5, 0.6) is 11.5 Å². The third-order valence-electron chi connectivity index (χ3n) is 3.88. The van der Waals surface area contributed by atoms with Crippen molar-refractivity contribution in [3.63, 3.8) is 0 Å². The number of hydrogen-bond acceptors (Lipinski definition) is 5. The highest BCUT2D eigenvalue weighted by Gasteiger charge is 2.38. The average Bonchev–Trinajstić information content (AvgIpc) is 2.81. The summed E-state index contributed by atoms with van der Waals surface area (Å²) in [5, 5.41) is 10.8. The van der Waals surface area contributed by atoms with Gasteiger partial charge in [0.2, 0.25) is 10.0 Å². The second-order valence-electron chi connectivity index (χ2n) is 5.12. The first-order valence-corrected chi connectivity index (χ1v) is 8.45. The van der Waals surface area contributed by atoms with E-state index in [9.17, 15) is 13.5 Å². The van der Waals surface area contributed by atoms with Crippen LogP contribution >= 0.6 is 0 Å². The number of methoxy groups -OCH3 is 2. The summed E-state index contributed by atoms with van der Waals surface area (Å²) in [5.74, 6) is 1.12. The highest BCUT2D eigenvalue weighted by Crippen LogP contribution is 2.42. The molecule has 6 nitrogen and oxygen atoms in total. The second-order valence-corrected chi connectivity index (χ2v) is 7.22. The highest BCUT2D eigenvalue weighted by atomic mass is 32.2. The Morgan fingerprint density at radius 2 is 1.90 bits per heavy atom. The number of hydrogen-bond donors (Lipinski definition) is 2. The summed E-state index contributed by atoms with van der Waals surface area (Å²) in [6, 6.07) is 3.56. The number of aliphatic hydroxyl groups is 1. The Labute approximate surface area is 125 Å². The maximum absolute atomic E-state index is 11.6. The Morgan fingerprint density at radius 3 is 2.48 bits per heavy atom. The monoisotopic (exact) mass is 315 g/mol. The third-order valence-corrected chi connectivity index (χ3v) is 5.23. The van der Waals surface area contributed by atoms with E-state index in [0.29, 0.717) is 29.9 Å². The molecule has 0 aromatic heterocycles. The Balaban J connectivity index is 2.32. The predicted molar refractivity (Wildman–Crippen MR) is 79.2 cm³/mol. The van der Waals surface area contributed by atoms with Crippen LogP contribution in [-0.2, 0) is 22.0 Å². The zero-order chi connectivity index (χ0) is 15.7. The van der Waals surface area contributed by atoms with Crippen molar-refractivity contribution in [1.29, 1.82) is 0 Å². The molecule has 0 heterocycles. The van der Waals surface area contributed by atoms with Crippen LogP contribution in [0.4, 0.5) is 0 Å². The molecule has 7 heteroatoms. The number of nitrogens with one attached hydrogen (secondary N) is 1. The number of rotatable bonds is 6. The Hall–Kier alpha value is -1.31. The number of benzene rings is 1. The number of ether oxygens (including phenoxy) is 2. The Kier molecular flexibility index (Phi) is 4.46. The van der Waals surface area contributed by atoms with Crippen molar-refractivity contribution >= 4 is 10.0 Å². The van der Waals surface area contributed by atoms with E-state index in [1.165, 1.54) is 7.11 Å². The van der Waals surface area contributed by atoms with Crippen molar-refractivity contribution in [2.45, 2.75) is 25.4 Å². The van der Waals surface area contributed by atoms with Crippen LogP contribution in [0.2, 0.25) is 0 Å². The molecule has 2 rings (SSSR count). The molecule has 0 fully saturated rings. The molecule has 0 saturated heterocycles. The molecule has 1 aromatic rings. The van der Waals surface area contributed by atoms with Crippen molar-refractivity contribution in [1.82, 2.24) is 4.72 Å². The smallest absolute Gasteiger partial charge is 0.211 e. The molecule has 1 atom stereocenters. The minimum absolute atomic E-state index is 0.0120. The van der Waals surface area contributed by atoms with E-state index in [1.54, 1.807) is 20.1 Å². The number of aryl methyl sites for hydroxylation is 1. The van der Waals surface area contributed by atoms with E-state index >= 15 is 0 Å². The van der Waals surface area contributed by atoms with Crippen LogP contribution < -0.4 is 14.2 Å². The van der Waals surface area contributed by atoms with E-state index in [1.807, 2.05) is 6.07 Å². The van der Waals surface area contributed by atoms with Crippen molar-refractivity contribution in [2.75, 3.05) is 26.5 Å². The largest absolute Gasteiger partial charge is 0.493 e. The molecule has 0 amide bonds. The Bertz CT molecular complexity index is 628. The topological polar surface area (TPSA) is 84.9 Å². The van der Waals surface area contributed by atoms with Gasteiger partial charge in [0.15, 0.2) is 11.5 Å². The van der Waals surface area contributed by atoms with Crippen LogP contribution in [0.15, 0.2) is 12.1 Å². The van der Waals surface area contributed by atoms with Gasteiger partial charge in [-0.3, -0.25) is 0 Å². The molecule has 1 unspecified atom stereocenters. The van der Waals surface area contributed by atoms with E-state index in [-0.39, 0.29) is 12.3 Å². The molecule has 118 valence electrons. The Morgan fingerprint density at radius 1 is 1.29 bits per heavy atom. The standard InChI is InChI=1S/C14H21NO5S/c1-4-21(17,18)15-9-14(16)6-5-10-7-12(19-2)13(20-3)8-11(10)14/h7-8,15-16H,4-6,9H2,1-3H3. The van der Waals surface area contributed by atoms with Gasteiger partial charge in [-0.25, -0.2) is 13.1 Å². The average molecular weight is 315 g/mol. The lowest BCUT2D eigenvalue weighted by Crippen LogP contribution is -2.39. The van der Waals surface area contributed by atoms with E-state index in [4.69, 9.17) is 9.47 Å². The van der Waals surface area contributed by atoms with Gasteiger partial charge >= 0.3 is 0 Å². The van der Waals surface area contributed by atoms with Gasteiger partial charge in [0.25, 0.3) is 0 Å². The maximum atomic E-state index is 11.6. The van der Waals surface area contributed by atoms with E-state index in [0.717, 1.165) is 5.56 Å². The first kappa shape index (κ1) is 16.1. The molecule has 1 aliphatic carbocycles. The molecule has 0 radical (unpaired) electrons. The van der Waals surface area contributed by atoms with Gasteiger partial charge in [-0.2, -0.15) is 0 Å². The second kappa shape index (κ2) is 5.82. The third kappa shape index (κ3) is 3.14. The van der Waals surface area contributed by atoms with Crippen molar-refractivity contribution in [3.05, 3.63) is 23.3 Å². The lowest BCUT2D eigenvalue weighted by molar-refractivity contribution is 0.0440. The molecule has 0 saturated carbocycles. The van der Waals surface area contributed by atoms with Crippen molar-refractivity contribution in [2.24, 2.45) is 0 Å². The lowest BCUT2D eigenvalue weighted by atomic mass is 9.96. The SMILES string of the molecule is CCS(=O)(=O)NCC1(O)CCc2cc(OC)c(OC)cc21. The van der Waals surface area contributed by atoms with Gasteiger partial charge in [-0.05, 0) is 43.0 Å². The fourth-order valence-corrected chi connectivity index (χ4v) is 3.22. The van der Waals surface area contributed by atoms with Crippen LogP contribution in [0.1, 0.15) is 24.5 Å². The van der Waals surface area contributed by atoms with Gasteiger partial charge in [0, 0.05) is 6.54 Å². The summed E-state index contributed by atoms with van der Waals surface area (Å²) in [7, 11) is -0.260. The fourth-order valence-electron chi connectivity index (χ4n) is 2.55. The zero-order valence-corrected chi connectivity index (χ0v) is 13.3. The summed E-state index contributed by atoms with van der Waals surface area (Å²) < 4.78 is 36.1. The van der Waals surface area contributed by atoms with Gasteiger partial charge < -0.3 is 14.6 Å². The molecule has 1 aromatic carbocycles. The minimum atomic E-state index is -3.34. The number of fused-ring (bicyclic) bond motifs is 1. The van der Waals surface area contributed by atoms with Crippen LogP contribution in [0, 0.1) is 0 Å². The fraction of sp³-hybridized carbons (Fsp3) is 0.571.